The van der Waals surface area contributed by atoms with Gasteiger partial charge in [0.15, 0.2) is 0 Å². The van der Waals surface area contributed by atoms with Gasteiger partial charge in [0.05, 0.1) is 0 Å². The fraction of sp³-hybridized carbons (Fsp3) is 0.667. The van der Waals surface area contributed by atoms with Gasteiger partial charge in [0.25, 0.3) is 0 Å². The van der Waals surface area contributed by atoms with E-state index in [-0.39, 0.29) is 0 Å². The zero-order chi connectivity index (χ0) is 6.97. The zero-order valence-electron chi connectivity index (χ0n) is 5.91. The molecular formula is C6H10N4. The van der Waals surface area contributed by atoms with Crippen molar-refractivity contribution < 1.29 is 0 Å². The minimum atomic E-state index is 0.677. The molecule has 0 amide bonds. The van der Waals surface area contributed by atoms with E-state index in [2.05, 4.69) is 22.4 Å². The van der Waals surface area contributed by atoms with Crippen molar-refractivity contribution in [3.8, 4) is 0 Å². The first-order chi connectivity index (χ1) is 4.86. The van der Waals surface area contributed by atoms with Crippen LogP contribution in [0.4, 0.5) is 0 Å². The predicted octanol–water partition coefficient (Wildman–Crippen LogP) is 0.0138. The number of hydrogen-bond donors (Lipinski definition) is 1. The normalized spacial score (nSPS) is 23.5. The summed E-state index contributed by atoms with van der Waals surface area (Å²) < 4.78 is 0. The average molecular weight is 138 g/mol. The number of nitrogens with zero attached hydrogens (tertiary/aromatic N) is 3. The molecule has 0 saturated heterocycles. The Morgan fingerprint density at radius 2 is 2.70 bits per heavy atom. The van der Waals surface area contributed by atoms with E-state index in [1.54, 1.807) is 11.1 Å². The van der Waals surface area contributed by atoms with E-state index < -0.39 is 0 Å². The van der Waals surface area contributed by atoms with Crippen LogP contribution < -0.4 is 5.43 Å². The standard InChI is InChI=1S/C6H10N4/c1-5-2-6-7-4-9-10(6)8-3-5/h4-5,8H,2-3H2,1H3. The Morgan fingerprint density at radius 1 is 1.80 bits per heavy atom. The first-order valence-electron chi connectivity index (χ1n) is 3.49. The summed E-state index contributed by atoms with van der Waals surface area (Å²) in [6.07, 6.45) is 2.62. The lowest BCUT2D eigenvalue weighted by Gasteiger charge is -2.19. The molecule has 1 aromatic heterocycles. The Labute approximate surface area is 59.2 Å². The van der Waals surface area contributed by atoms with Gasteiger partial charge in [-0.05, 0) is 5.92 Å². The van der Waals surface area contributed by atoms with Gasteiger partial charge < -0.3 is 5.43 Å². The second kappa shape index (κ2) is 1.97. The van der Waals surface area contributed by atoms with Crippen LogP contribution in [-0.2, 0) is 6.42 Å². The molecule has 2 heterocycles. The largest absolute Gasteiger partial charge is 0.308 e. The van der Waals surface area contributed by atoms with Crippen LogP contribution in [0.2, 0.25) is 0 Å². The van der Waals surface area contributed by atoms with E-state index in [1.165, 1.54) is 0 Å². The molecule has 2 rings (SSSR count). The molecule has 1 N–H and O–H groups in total. The number of hydrogen-bond acceptors (Lipinski definition) is 3. The number of aromatic nitrogens is 3. The average Bonchev–Trinajstić information content (AvgIpc) is 2.33. The third-order valence-corrected chi connectivity index (χ3v) is 1.74. The quantitative estimate of drug-likeness (QED) is 0.549. The smallest absolute Gasteiger partial charge is 0.150 e. The van der Waals surface area contributed by atoms with Gasteiger partial charge in [0, 0.05) is 13.0 Å². The Morgan fingerprint density at radius 3 is 3.60 bits per heavy atom. The van der Waals surface area contributed by atoms with Gasteiger partial charge >= 0.3 is 0 Å². The fourth-order valence-electron chi connectivity index (χ4n) is 1.16. The maximum absolute atomic E-state index is 4.10. The highest BCUT2D eigenvalue weighted by Gasteiger charge is 2.14. The fourth-order valence-corrected chi connectivity index (χ4v) is 1.16. The van der Waals surface area contributed by atoms with E-state index in [0.717, 1.165) is 18.8 Å². The van der Waals surface area contributed by atoms with Gasteiger partial charge in [0.1, 0.15) is 12.2 Å². The minimum Gasteiger partial charge on any atom is -0.308 e. The molecule has 0 bridgehead atoms. The topological polar surface area (TPSA) is 42.7 Å². The number of nitrogens with one attached hydrogen (secondary N) is 1. The molecule has 1 atom stereocenters. The van der Waals surface area contributed by atoms with E-state index in [0.29, 0.717) is 5.92 Å². The molecule has 4 heteroatoms. The Balaban J connectivity index is 2.30. The molecule has 0 radical (unpaired) electrons. The second-order valence-electron chi connectivity index (χ2n) is 2.76. The zero-order valence-corrected chi connectivity index (χ0v) is 5.91. The summed E-state index contributed by atoms with van der Waals surface area (Å²) in [4.78, 5) is 5.85. The first-order valence-corrected chi connectivity index (χ1v) is 3.49. The highest BCUT2D eigenvalue weighted by atomic mass is 15.6. The van der Waals surface area contributed by atoms with Crippen LogP contribution in [0.3, 0.4) is 0 Å². The molecule has 1 aliphatic rings. The van der Waals surface area contributed by atoms with Gasteiger partial charge in [-0.2, -0.15) is 4.79 Å². The van der Waals surface area contributed by atoms with Crippen LogP contribution in [0.1, 0.15) is 12.7 Å². The molecule has 1 aliphatic heterocycles. The summed E-state index contributed by atoms with van der Waals surface area (Å²) in [5.41, 5.74) is 3.14. The van der Waals surface area contributed by atoms with E-state index in [1.807, 2.05) is 0 Å². The summed E-state index contributed by atoms with van der Waals surface area (Å²) in [5.74, 6) is 1.72. The Bertz CT molecular complexity index is 229. The highest BCUT2D eigenvalue weighted by molar-refractivity contribution is 4.95. The van der Waals surface area contributed by atoms with Gasteiger partial charge in [-0.25, -0.2) is 4.98 Å². The molecule has 1 aromatic rings. The van der Waals surface area contributed by atoms with Crippen molar-refractivity contribution >= 4 is 0 Å². The van der Waals surface area contributed by atoms with Crippen molar-refractivity contribution in [3.63, 3.8) is 0 Å². The molecule has 0 aliphatic carbocycles. The summed E-state index contributed by atoms with van der Waals surface area (Å²) in [6, 6.07) is 0. The van der Waals surface area contributed by atoms with Gasteiger partial charge in [-0.1, -0.05) is 6.92 Å². The van der Waals surface area contributed by atoms with Crippen molar-refractivity contribution in [1.29, 1.82) is 0 Å². The molecule has 10 heavy (non-hydrogen) atoms. The van der Waals surface area contributed by atoms with Gasteiger partial charge in [0.2, 0.25) is 0 Å². The molecule has 0 saturated carbocycles. The summed E-state index contributed by atoms with van der Waals surface area (Å²) in [5, 5.41) is 3.99. The lowest BCUT2D eigenvalue weighted by molar-refractivity contribution is 0.484. The number of fused-ring (bicyclic) bond motifs is 1. The van der Waals surface area contributed by atoms with E-state index in [4.69, 9.17) is 0 Å². The molecular weight excluding hydrogens is 128 g/mol. The lowest BCUT2D eigenvalue weighted by atomic mass is 10.1. The highest BCUT2D eigenvalue weighted by Crippen LogP contribution is 2.08. The molecule has 54 valence electrons. The molecule has 4 nitrogen and oxygen atoms in total. The van der Waals surface area contributed by atoms with Crippen molar-refractivity contribution in [2.75, 3.05) is 12.0 Å². The summed E-state index contributed by atoms with van der Waals surface area (Å²) >= 11 is 0. The van der Waals surface area contributed by atoms with E-state index in [9.17, 15) is 0 Å². The van der Waals surface area contributed by atoms with Crippen molar-refractivity contribution in [2.24, 2.45) is 5.92 Å². The monoisotopic (exact) mass is 138 g/mol. The molecule has 0 spiro atoms. The Hall–Kier alpha value is -1.06. The third-order valence-electron chi connectivity index (χ3n) is 1.74. The summed E-state index contributed by atoms with van der Waals surface area (Å²) in [6.45, 7) is 3.20. The predicted molar refractivity (Wildman–Crippen MR) is 37.1 cm³/mol. The molecule has 1 unspecified atom stereocenters. The maximum Gasteiger partial charge on any atom is 0.150 e. The van der Waals surface area contributed by atoms with Crippen molar-refractivity contribution in [2.45, 2.75) is 13.3 Å². The van der Waals surface area contributed by atoms with Crippen molar-refractivity contribution in [1.82, 2.24) is 14.9 Å². The first kappa shape index (κ1) is 5.70. The van der Waals surface area contributed by atoms with Crippen LogP contribution in [0.15, 0.2) is 6.33 Å². The van der Waals surface area contributed by atoms with Crippen LogP contribution in [0.25, 0.3) is 0 Å². The summed E-state index contributed by atoms with van der Waals surface area (Å²) in [7, 11) is 0. The Kier molecular flexibility index (Phi) is 1.12. The van der Waals surface area contributed by atoms with Crippen LogP contribution in [0.5, 0.6) is 0 Å². The molecule has 0 fully saturated rings. The SMILES string of the molecule is CC1CNn2ncnc2C1. The van der Waals surface area contributed by atoms with Crippen LogP contribution in [-0.4, -0.2) is 21.4 Å². The van der Waals surface area contributed by atoms with Gasteiger partial charge in [-0.15, -0.1) is 5.10 Å². The molecule has 0 aromatic carbocycles. The lowest BCUT2D eigenvalue weighted by Crippen LogP contribution is -2.31. The minimum absolute atomic E-state index is 0.677. The van der Waals surface area contributed by atoms with Crippen molar-refractivity contribution in [3.05, 3.63) is 12.2 Å². The number of rotatable bonds is 0. The maximum atomic E-state index is 4.10. The van der Waals surface area contributed by atoms with E-state index >= 15 is 0 Å². The van der Waals surface area contributed by atoms with Gasteiger partial charge in [-0.3, -0.25) is 0 Å². The van der Waals surface area contributed by atoms with Crippen LogP contribution >= 0.6 is 0 Å². The third kappa shape index (κ3) is 0.761. The second-order valence-corrected chi connectivity index (χ2v) is 2.76. The van der Waals surface area contributed by atoms with Crippen LogP contribution in [0, 0.1) is 5.92 Å².